The second-order valence-corrected chi connectivity index (χ2v) is 3.93. The zero-order chi connectivity index (χ0) is 12.8. The van der Waals surface area contributed by atoms with E-state index in [9.17, 15) is 0 Å². The highest BCUT2D eigenvalue weighted by Crippen LogP contribution is 2.15. The largest absolute Gasteiger partial charge is 0.396 e. The fraction of sp³-hybridized carbons (Fsp3) is 0.500. The number of anilines is 1. The summed E-state index contributed by atoms with van der Waals surface area (Å²) in [6.07, 6.45) is 0.707. The van der Waals surface area contributed by atoms with Gasteiger partial charge in [0, 0.05) is 31.0 Å². The lowest BCUT2D eigenvalue weighted by Gasteiger charge is -2.22. The molecule has 0 saturated heterocycles. The Bertz CT molecular complexity index is 392. The van der Waals surface area contributed by atoms with Gasteiger partial charge in [-0.15, -0.1) is 0 Å². The van der Waals surface area contributed by atoms with Crippen molar-refractivity contribution in [2.75, 3.05) is 24.6 Å². The molecular weight excluding hydrogens is 216 g/mol. The number of hydrogen-bond acceptors (Lipinski definition) is 4. The highest BCUT2D eigenvalue weighted by Gasteiger charge is 2.08. The minimum atomic E-state index is 0.0509. The van der Waals surface area contributed by atoms with Crippen LogP contribution in [0.15, 0.2) is 12.1 Å². The summed E-state index contributed by atoms with van der Waals surface area (Å²) in [6, 6.07) is 3.61. The summed E-state index contributed by atoms with van der Waals surface area (Å²) in [7, 11) is 0. The molecule has 0 spiro atoms. The maximum absolute atomic E-state index is 8.85. The fourth-order valence-electron chi connectivity index (χ4n) is 1.66. The normalized spacial score (nSPS) is 10.3. The van der Waals surface area contributed by atoms with Gasteiger partial charge < -0.3 is 15.7 Å². The van der Waals surface area contributed by atoms with Crippen LogP contribution in [0.3, 0.4) is 0 Å². The molecule has 0 radical (unpaired) electrons. The Hall–Kier alpha value is -1.62. The van der Waals surface area contributed by atoms with E-state index in [0.717, 1.165) is 24.6 Å². The summed E-state index contributed by atoms with van der Waals surface area (Å²) in [6.45, 7) is 5.65. The average Bonchev–Trinajstić information content (AvgIpc) is 2.29. The Balaban J connectivity index is 2.98. The molecule has 94 valence electrons. The predicted octanol–water partition coefficient (Wildman–Crippen LogP) is 0.883. The first-order valence-corrected chi connectivity index (χ1v) is 5.77. The topological polar surface area (TPSA) is 86.2 Å². The van der Waals surface area contributed by atoms with E-state index in [1.54, 1.807) is 6.07 Å². The quantitative estimate of drug-likeness (QED) is 0.505. The number of aliphatic hydroxyl groups is 1. The molecule has 0 aliphatic rings. The predicted molar refractivity (Wildman–Crippen MR) is 69.6 cm³/mol. The molecule has 1 heterocycles. The number of aryl methyl sites for hydroxylation is 1. The molecule has 0 aromatic carbocycles. The molecule has 1 aromatic heterocycles. The molecule has 4 N–H and O–H groups in total. The molecule has 1 aromatic rings. The Labute approximate surface area is 102 Å². The van der Waals surface area contributed by atoms with Crippen LogP contribution in [-0.2, 0) is 0 Å². The number of rotatable bonds is 6. The fourth-order valence-corrected chi connectivity index (χ4v) is 1.66. The van der Waals surface area contributed by atoms with Crippen molar-refractivity contribution >= 4 is 11.7 Å². The van der Waals surface area contributed by atoms with Crippen molar-refractivity contribution in [2.24, 2.45) is 5.73 Å². The van der Waals surface area contributed by atoms with Crippen LogP contribution in [0, 0.1) is 12.3 Å². The molecule has 0 bridgehead atoms. The van der Waals surface area contributed by atoms with Crippen molar-refractivity contribution in [3.8, 4) is 0 Å². The number of nitrogens with zero attached hydrogens (tertiary/aromatic N) is 2. The summed E-state index contributed by atoms with van der Waals surface area (Å²) < 4.78 is 0. The number of pyridine rings is 1. The molecule has 1 rings (SSSR count). The average molecular weight is 236 g/mol. The first-order chi connectivity index (χ1) is 8.08. The molecular formula is C12H20N4O. The molecule has 0 fully saturated rings. The van der Waals surface area contributed by atoms with Crippen LogP contribution in [0.4, 0.5) is 5.82 Å². The van der Waals surface area contributed by atoms with Crippen molar-refractivity contribution in [1.82, 2.24) is 4.98 Å². The van der Waals surface area contributed by atoms with Crippen LogP contribution < -0.4 is 10.6 Å². The highest BCUT2D eigenvalue weighted by atomic mass is 16.3. The smallest absolute Gasteiger partial charge is 0.129 e. The van der Waals surface area contributed by atoms with Crippen molar-refractivity contribution in [3.63, 3.8) is 0 Å². The van der Waals surface area contributed by atoms with Gasteiger partial charge in [0.1, 0.15) is 11.7 Å². The van der Waals surface area contributed by atoms with E-state index < -0.39 is 0 Å². The zero-order valence-electron chi connectivity index (χ0n) is 10.4. The van der Waals surface area contributed by atoms with Gasteiger partial charge in [-0.3, -0.25) is 5.41 Å². The molecule has 0 aliphatic heterocycles. The van der Waals surface area contributed by atoms with Crippen LogP contribution in [-0.4, -0.2) is 35.6 Å². The van der Waals surface area contributed by atoms with Gasteiger partial charge in [0.2, 0.25) is 0 Å². The van der Waals surface area contributed by atoms with E-state index in [1.165, 1.54) is 0 Å². The lowest BCUT2D eigenvalue weighted by molar-refractivity contribution is 0.289. The van der Waals surface area contributed by atoms with Crippen molar-refractivity contribution in [3.05, 3.63) is 23.4 Å². The number of nitrogens with two attached hydrogens (primary N) is 1. The minimum Gasteiger partial charge on any atom is -0.396 e. The molecule has 0 aliphatic carbocycles. The first kappa shape index (κ1) is 13.4. The van der Waals surface area contributed by atoms with Crippen LogP contribution >= 0.6 is 0 Å². The third-order valence-electron chi connectivity index (χ3n) is 2.54. The molecule has 5 heteroatoms. The number of aromatic nitrogens is 1. The van der Waals surface area contributed by atoms with E-state index >= 15 is 0 Å². The first-order valence-electron chi connectivity index (χ1n) is 5.77. The molecule has 5 nitrogen and oxygen atoms in total. The highest BCUT2D eigenvalue weighted by molar-refractivity contribution is 5.95. The van der Waals surface area contributed by atoms with Crippen molar-refractivity contribution < 1.29 is 5.11 Å². The second kappa shape index (κ2) is 6.20. The molecule has 17 heavy (non-hydrogen) atoms. The molecule has 0 saturated carbocycles. The van der Waals surface area contributed by atoms with Gasteiger partial charge in [-0.1, -0.05) is 0 Å². The second-order valence-electron chi connectivity index (χ2n) is 3.93. The molecule has 0 amide bonds. The zero-order valence-corrected chi connectivity index (χ0v) is 10.4. The van der Waals surface area contributed by atoms with Crippen LogP contribution in [0.1, 0.15) is 24.6 Å². The Morgan fingerprint density at radius 3 is 2.76 bits per heavy atom. The van der Waals surface area contributed by atoms with Crippen LogP contribution in [0.25, 0.3) is 0 Å². The molecule has 0 atom stereocenters. The van der Waals surface area contributed by atoms with Gasteiger partial charge in [0.15, 0.2) is 0 Å². The van der Waals surface area contributed by atoms with Crippen molar-refractivity contribution in [2.45, 2.75) is 20.3 Å². The standard InChI is InChI=1S/C12H20N4O/c1-3-16(5-4-6-17)11-8-10(12(13)14)7-9(2)15-11/h7-8,17H,3-6H2,1-2H3,(H3,13,14). The monoisotopic (exact) mass is 236 g/mol. The minimum absolute atomic E-state index is 0.0509. The van der Waals surface area contributed by atoms with Gasteiger partial charge in [-0.25, -0.2) is 4.98 Å². The Morgan fingerprint density at radius 2 is 2.24 bits per heavy atom. The summed E-state index contributed by atoms with van der Waals surface area (Å²) in [5.74, 6) is 0.862. The van der Waals surface area contributed by atoms with Gasteiger partial charge >= 0.3 is 0 Å². The van der Waals surface area contributed by atoms with Crippen molar-refractivity contribution in [1.29, 1.82) is 5.41 Å². The van der Waals surface area contributed by atoms with E-state index in [4.69, 9.17) is 16.2 Å². The van der Waals surface area contributed by atoms with Gasteiger partial charge in [-0.05, 0) is 32.4 Å². The number of nitrogen functional groups attached to an aromatic ring is 1. The van der Waals surface area contributed by atoms with E-state index in [1.807, 2.05) is 19.9 Å². The number of aliphatic hydroxyl groups excluding tert-OH is 1. The SMILES string of the molecule is CCN(CCCO)c1cc(C(=N)N)cc(C)n1. The summed E-state index contributed by atoms with van der Waals surface area (Å²) in [5, 5.41) is 16.3. The third kappa shape index (κ3) is 3.71. The van der Waals surface area contributed by atoms with Gasteiger partial charge in [0.25, 0.3) is 0 Å². The van der Waals surface area contributed by atoms with Crippen LogP contribution in [0.5, 0.6) is 0 Å². The summed E-state index contributed by atoms with van der Waals surface area (Å²) >= 11 is 0. The number of amidine groups is 1. The van der Waals surface area contributed by atoms with E-state index in [0.29, 0.717) is 12.0 Å². The maximum Gasteiger partial charge on any atom is 0.129 e. The Kier molecular flexibility index (Phi) is 4.90. The van der Waals surface area contributed by atoms with Gasteiger partial charge in [0.05, 0.1) is 0 Å². The van der Waals surface area contributed by atoms with E-state index in [-0.39, 0.29) is 12.4 Å². The molecule has 0 unspecified atom stereocenters. The summed E-state index contributed by atoms with van der Waals surface area (Å²) in [4.78, 5) is 6.50. The van der Waals surface area contributed by atoms with E-state index in [2.05, 4.69) is 9.88 Å². The lowest BCUT2D eigenvalue weighted by atomic mass is 10.2. The van der Waals surface area contributed by atoms with Crippen LogP contribution in [0.2, 0.25) is 0 Å². The number of nitrogens with one attached hydrogen (secondary N) is 1. The summed E-state index contributed by atoms with van der Waals surface area (Å²) in [5.41, 5.74) is 7.02. The Morgan fingerprint density at radius 1 is 1.53 bits per heavy atom. The van der Waals surface area contributed by atoms with Gasteiger partial charge in [-0.2, -0.15) is 0 Å². The maximum atomic E-state index is 8.85. The third-order valence-corrected chi connectivity index (χ3v) is 2.54. The lowest BCUT2D eigenvalue weighted by Crippen LogP contribution is -2.26. The number of hydrogen-bond donors (Lipinski definition) is 3.